The van der Waals surface area contributed by atoms with Gasteiger partial charge in [0.05, 0.1) is 12.0 Å². The summed E-state index contributed by atoms with van der Waals surface area (Å²) in [7, 11) is 1.64. The van der Waals surface area contributed by atoms with Gasteiger partial charge in [0.2, 0.25) is 5.91 Å². The average molecular weight is 228 g/mol. The van der Waals surface area contributed by atoms with Crippen molar-refractivity contribution in [2.24, 2.45) is 17.6 Å². The molecule has 4 nitrogen and oxygen atoms in total. The van der Waals surface area contributed by atoms with E-state index in [1.54, 1.807) is 7.11 Å². The quantitative estimate of drug-likeness (QED) is 0.751. The molecule has 0 radical (unpaired) electrons. The third-order valence-electron chi connectivity index (χ3n) is 3.60. The number of hydrogen-bond donors (Lipinski definition) is 2. The predicted molar refractivity (Wildman–Crippen MR) is 64.0 cm³/mol. The van der Waals surface area contributed by atoms with Crippen LogP contribution in [-0.4, -0.2) is 31.7 Å². The summed E-state index contributed by atoms with van der Waals surface area (Å²) in [6.45, 7) is 4.62. The van der Waals surface area contributed by atoms with E-state index in [0.717, 1.165) is 19.3 Å². The fourth-order valence-corrected chi connectivity index (χ4v) is 2.21. The zero-order valence-electron chi connectivity index (χ0n) is 10.5. The van der Waals surface area contributed by atoms with Crippen LogP contribution in [0.25, 0.3) is 0 Å². The molecule has 0 aromatic heterocycles. The molecule has 94 valence electrons. The minimum atomic E-state index is -0.0205. The summed E-state index contributed by atoms with van der Waals surface area (Å²) in [6, 6.07) is 0.00611. The lowest BCUT2D eigenvalue weighted by atomic mass is 9.78. The molecule has 4 heteroatoms. The minimum Gasteiger partial charge on any atom is -0.380 e. The van der Waals surface area contributed by atoms with E-state index in [9.17, 15) is 4.79 Å². The Hall–Kier alpha value is -0.610. The fraction of sp³-hybridized carbons (Fsp3) is 0.917. The van der Waals surface area contributed by atoms with E-state index in [1.165, 1.54) is 0 Å². The Morgan fingerprint density at radius 3 is 2.88 bits per heavy atom. The smallest absolute Gasteiger partial charge is 0.224 e. The lowest BCUT2D eigenvalue weighted by molar-refractivity contribution is -0.127. The third kappa shape index (κ3) is 3.46. The average Bonchev–Trinajstić information content (AvgIpc) is 2.29. The standard InChI is InChI=1S/C12H24N2O2/c1-8-5-4-6-10(11(8)13)12(15)14-7-9(2)16-3/h8-11H,4-7,13H2,1-3H3,(H,14,15). The van der Waals surface area contributed by atoms with E-state index in [-0.39, 0.29) is 24.0 Å². The summed E-state index contributed by atoms with van der Waals surface area (Å²) in [4.78, 5) is 11.9. The van der Waals surface area contributed by atoms with Gasteiger partial charge in [-0.25, -0.2) is 0 Å². The number of nitrogens with one attached hydrogen (secondary N) is 1. The summed E-state index contributed by atoms with van der Waals surface area (Å²) in [5.41, 5.74) is 6.07. The molecule has 1 amide bonds. The molecule has 4 unspecified atom stereocenters. The van der Waals surface area contributed by atoms with Crippen molar-refractivity contribution in [3.63, 3.8) is 0 Å². The highest BCUT2D eigenvalue weighted by molar-refractivity contribution is 5.79. The summed E-state index contributed by atoms with van der Waals surface area (Å²) in [6.07, 6.45) is 3.21. The van der Waals surface area contributed by atoms with E-state index in [2.05, 4.69) is 12.2 Å². The Morgan fingerprint density at radius 2 is 2.25 bits per heavy atom. The van der Waals surface area contributed by atoms with Crippen molar-refractivity contribution in [1.82, 2.24) is 5.32 Å². The van der Waals surface area contributed by atoms with Gasteiger partial charge in [0.25, 0.3) is 0 Å². The predicted octanol–water partition coefficient (Wildman–Crippen LogP) is 0.901. The highest BCUT2D eigenvalue weighted by Crippen LogP contribution is 2.27. The number of carbonyl (C=O) groups is 1. The van der Waals surface area contributed by atoms with Crippen molar-refractivity contribution in [2.75, 3.05) is 13.7 Å². The maximum absolute atomic E-state index is 11.9. The Morgan fingerprint density at radius 1 is 1.56 bits per heavy atom. The van der Waals surface area contributed by atoms with Crippen molar-refractivity contribution in [2.45, 2.75) is 45.3 Å². The molecule has 0 bridgehead atoms. The van der Waals surface area contributed by atoms with Gasteiger partial charge in [0.1, 0.15) is 0 Å². The first-order valence-corrected chi connectivity index (χ1v) is 6.12. The molecule has 0 aromatic rings. The second-order valence-electron chi connectivity index (χ2n) is 4.88. The molecule has 1 saturated carbocycles. The molecule has 0 heterocycles. The number of hydrogen-bond acceptors (Lipinski definition) is 3. The van der Waals surface area contributed by atoms with Crippen LogP contribution in [0.3, 0.4) is 0 Å². The van der Waals surface area contributed by atoms with Crippen LogP contribution in [0.4, 0.5) is 0 Å². The zero-order chi connectivity index (χ0) is 12.1. The van der Waals surface area contributed by atoms with Crippen LogP contribution in [0, 0.1) is 11.8 Å². The maximum atomic E-state index is 11.9. The summed E-state index contributed by atoms with van der Waals surface area (Å²) >= 11 is 0. The Kier molecular flexibility index (Phi) is 5.22. The molecular formula is C12H24N2O2. The first kappa shape index (κ1) is 13.5. The lowest BCUT2D eigenvalue weighted by Crippen LogP contribution is -2.48. The molecule has 0 spiro atoms. The fourth-order valence-electron chi connectivity index (χ4n) is 2.21. The van der Waals surface area contributed by atoms with Gasteiger partial charge < -0.3 is 15.8 Å². The van der Waals surface area contributed by atoms with Crippen LogP contribution < -0.4 is 11.1 Å². The van der Waals surface area contributed by atoms with Gasteiger partial charge in [0, 0.05) is 19.7 Å². The molecule has 0 aliphatic heterocycles. The van der Waals surface area contributed by atoms with E-state index in [1.807, 2.05) is 6.92 Å². The number of methoxy groups -OCH3 is 1. The first-order chi connectivity index (χ1) is 7.56. The minimum absolute atomic E-state index is 0.00611. The van der Waals surface area contributed by atoms with Gasteiger partial charge >= 0.3 is 0 Å². The summed E-state index contributed by atoms with van der Waals surface area (Å²) in [5, 5.41) is 2.91. The lowest BCUT2D eigenvalue weighted by Gasteiger charge is -2.33. The van der Waals surface area contributed by atoms with Crippen molar-refractivity contribution >= 4 is 5.91 Å². The largest absolute Gasteiger partial charge is 0.380 e. The molecule has 1 fully saturated rings. The monoisotopic (exact) mass is 228 g/mol. The summed E-state index contributed by atoms with van der Waals surface area (Å²) in [5.74, 6) is 0.514. The molecule has 0 saturated heterocycles. The topological polar surface area (TPSA) is 64.3 Å². The van der Waals surface area contributed by atoms with Crippen LogP contribution in [0.2, 0.25) is 0 Å². The van der Waals surface area contributed by atoms with Gasteiger partial charge in [-0.15, -0.1) is 0 Å². The number of rotatable bonds is 4. The van der Waals surface area contributed by atoms with Crippen molar-refractivity contribution in [3.8, 4) is 0 Å². The molecule has 16 heavy (non-hydrogen) atoms. The van der Waals surface area contributed by atoms with Crippen LogP contribution >= 0.6 is 0 Å². The molecule has 1 rings (SSSR count). The Labute approximate surface area is 97.9 Å². The number of amides is 1. The van der Waals surface area contributed by atoms with E-state index < -0.39 is 0 Å². The van der Waals surface area contributed by atoms with Crippen molar-refractivity contribution in [3.05, 3.63) is 0 Å². The second-order valence-corrected chi connectivity index (χ2v) is 4.88. The van der Waals surface area contributed by atoms with Gasteiger partial charge in [-0.05, 0) is 25.7 Å². The maximum Gasteiger partial charge on any atom is 0.224 e. The SMILES string of the molecule is COC(C)CNC(=O)C1CCCC(C)C1N. The van der Waals surface area contributed by atoms with Gasteiger partial charge in [0.15, 0.2) is 0 Å². The number of carbonyl (C=O) groups excluding carboxylic acids is 1. The Bertz CT molecular complexity index is 233. The molecule has 1 aliphatic rings. The third-order valence-corrected chi connectivity index (χ3v) is 3.60. The normalized spacial score (nSPS) is 32.1. The van der Waals surface area contributed by atoms with E-state index in [4.69, 9.17) is 10.5 Å². The second kappa shape index (κ2) is 6.21. The van der Waals surface area contributed by atoms with Crippen LogP contribution in [0.15, 0.2) is 0 Å². The van der Waals surface area contributed by atoms with Crippen LogP contribution in [0.5, 0.6) is 0 Å². The van der Waals surface area contributed by atoms with Crippen molar-refractivity contribution in [1.29, 1.82) is 0 Å². The van der Waals surface area contributed by atoms with Gasteiger partial charge in [-0.3, -0.25) is 4.79 Å². The number of ether oxygens (including phenoxy) is 1. The molecule has 1 aliphatic carbocycles. The Balaban J connectivity index is 2.40. The highest BCUT2D eigenvalue weighted by atomic mass is 16.5. The highest BCUT2D eigenvalue weighted by Gasteiger charge is 2.32. The molecule has 0 aromatic carbocycles. The van der Waals surface area contributed by atoms with Crippen LogP contribution in [-0.2, 0) is 9.53 Å². The van der Waals surface area contributed by atoms with E-state index >= 15 is 0 Å². The zero-order valence-corrected chi connectivity index (χ0v) is 10.5. The molecule has 4 atom stereocenters. The number of nitrogens with two attached hydrogens (primary N) is 1. The van der Waals surface area contributed by atoms with Crippen molar-refractivity contribution < 1.29 is 9.53 Å². The van der Waals surface area contributed by atoms with E-state index in [0.29, 0.717) is 12.5 Å². The summed E-state index contributed by atoms with van der Waals surface area (Å²) < 4.78 is 5.09. The molecular weight excluding hydrogens is 204 g/mol. The van der Waals surface area contributed by atoms with Gasteiger partial charge in [-0.1, -0.05) is 13.3 Å². The van der Waals surface area contributed by atoms with Crippen LogP contribution in [0.1, 0.15) is 33.1 Å². The first-order valence-electron chi connectivity index (χ1n) is 6.12. The molecule has 3 N–H and O–H groups in total. The van der Waals surface area contributed by atoms with Gasteiger partial charge in [-0.2, -0.15) is 0 Å².